The van der Waals surface area contributed by atoms with E-state index < -0.39 is 0 Å². The zero-order valence-corrected chi connectivity index (χ0v) is 5.84. The van der Waals surface area contributed by atoms with Crippen LogP contribution >= 0.6 is 0 Å². The molecular weight excluding hydrogens is 112 g/mol. The molecular formula is C7H15N2. The van der Waals surface area contributed by atoms with Crippen molar-refractivity contribution in [3.8, 4) is 0 Å². The van der Waals surface area contributed by atoms with Gasteiger partial charge in [0.1, 0.15) is 0 Å². The number of piperidine rings is 1. The van der Waals surface area contributed by atoms with E-state index in [4.69, 9.17) is 5.73 Å². The molecule has 0 amide bonds. The maximum Gasteiger partial charge on any atom is 0.0258 e. The average Bonchev–Trinajstić information content (AvgIpc) is 1.91. The fourth-order valence-corrected chi connectivity index (χ4v) is 1.28. The van der Waals surface area contributed by atoms with Gasteiger partial charge in [-0.3, -0.25) is 0 Å². The quantitative estimate of drug-likeness (QED) is 0.576. The van der Waals surface area contributed by atoms with Crippen molar-refractivity contribution in [1.29, 1.82) is 0 Å². The van der Waals surface area contributed by atoms with Crippen molar-refractivity contribution in [3.63, 3.8) is 0 Å². The monoisotopic (exact) mass is 127 g/mol. The van der Waals surface area contributed by atoms with Gasteiger partial charge < -0.3 is 5.73 Å². The van der Waals surface area contributed by atoms with Crippen LogP contribution in [0, 0.1) is 0 Å². The Hall–Kier alpha value is -0.0800. The second-order valence-electron chi connectivity index (χ2n) is 2.63. The van der Waals surface area contributed by atoms with Crippen molar-refractivity contribution in [3.05, 3.63) is 0 Å². The van der Waals surface area contributed by atoms with Crippen molar-refractivity contribution in [2.45, 2.75) is 31.7 Å². The Bertz CT molecular complexity index is 64.6. The van der Waals surface area contributed by atoms with Crippen LogP contribution in [0.1, 0.15) is 25.7 Å². The van der Waals surface area contributed by atoms with Crippen LogP contribution in [-0.4, -0.2) is 19.1 Å². The highest BCUT2D eigenvalue weighted by molar-refractivity contribution is 4.71. The van der Waals surface area contributed by atoms with E-state index in [-0.39, 0.29) is 0 Å². The third kappa shape index (κ3) is 2.33. The fraction of sp³-hybridized carbons (Fsp3) is 1.00. The second kappa shape index (κ2) is 3.85. The first-order chi connectivity index (χ1) is 4.43. The lowest BCUT2D eigenvalue weighted by Gasteiger charge is -2.20. The molecule has 0 aromatic heterocycles. The van der Waals surface area contributed by atoms with E-state index >= 15 is 0 Å². The molecule has 53 valence electrons. The molecule has 2 heteroatoms. The molecule has 0 aromatic carbocycles. The summed E-state index contributed by atoms with van der Waals surface area (Å²) in [7, 11) is 0. The smallest absolute Gasteiger partial charge is 0.0258 e. The molecule has 0 spiro atoms. The van der Waals surface area contributed by atoms with Gasteiger partial charge in [0.2, 0.25) is 0 Å². The minimum atomic E-state index is 0.601. The topological polar surface area (TPSA) is 40.1 Å². The molecule has 1 unspecified atom stereocenters. The van der Waals surface area contributed by atoms with Crippen LogP contribution in [-0.2, 0) is 0 Å². The Labute approximate surface area is 56.8 Å². The third-order valence-corrected chi connectivity index (χ3v) is 1.83. The number of nitrogens with zero attached hydrogens (tertiary/aromatic N) is 1. The van der Waals surface area contributed by atoms with Crippen molar-refractivity contribution < 1.29 is 0 Å². The first kappa shape index (κ1) is 7.03. The van der Waals surface area contributed by atoms with Gasteiger partial charge in [0.25, 0.3) is 0 Å². The highest BCUT2D eigenvalue weighted by atomic mass is 14.9. The number of nitrogens with two attached hydrogens (primary N) is 1. The third-order valence-electron chi connectivity index (χ3n) is 1.83. The number of rotatable bonds is 2. The summed E-state index contributed by atoms with van der Waals surface area (Å²) in [6.07, 6.45) is 5.02. The Balaban J connectivity index is 2.08. The van der Waals surface area contributed by atoms with Gasteiger partial charge >= 0.3 is 0 Å². The summed E-state index contributed by atoms with van der Waals surface area (Å²) >= 11 is 0. The Morgan fingerprint density at radius 1 is 1.44 bits per heavy atom. The van der Waals surface area contributed by atoms with Gasteiger partial charge in [-0.1, -0.05) is 6.42 Å². The molecule has 1 rings (SSSR count). The maximum atomic E-state index is 5.40. The highest BCUT2D eigenvalue weighted by Gasteiger charge is 2.11. The largest absolute Gasteiger partial charge is 0.330 e. The average molecular weight is 127 g/mol. The van der Waals surface area contributed by atoms with Crippen molar-refractivity contribution in [2.75, 3.05) is 13.1 Å². The van der Waals surface area contributed by atoms with Crippen LogP contribution in [0.15, 0.2) is 0 Å². The number of hydrogen-bond donors (Lipinski definition) is 1. The predicted octanol–water partition coefficient (Wildman–Crippen LogP) is 0.492. The normalized spacial score (nSPS) is 28.3. The molecule has 0 bridgehead atoms. The van der Waals surface area contributed by atoms with Crippen LogP contribution in [0.4, 0.5) is 0 Å². The predicted molar refractivity (Wildman–Crippen MR) is 38.3 cm³/mol. The summed E-state index contributed by atoms with van der Waals surface area (Å²) in [6, 6.07) is 0.601. The standard InChI is InChI=1S/C7H15N2/c8-5-4-7-3-1-2-6-9-7/h7H,1-6,8H2. The Kier molecular flexibility index (Phi) is 3.01. The lowest BCUT2D eigenvalue weighted by Crippen LogP contribution is -2.29. The van der Waals surface area contributed by atoms with Crippen molar-refractivity contribution in [2.24, 2.45) is 5.73 Å². The lowest BCUT2D eigenvalue weighted by atomic mass is 10.0. The molecule has 1 saturated heterocycles. The first-order valence-corrected chi connectivity index (χ1v) is 3.80. The summed E-state index contributed by atoms with van der Waals surface area (Å²) in [6.45, 7) is 1.87. The van der Waals surface area contributed by atoms with E-state index in [0.717, 1.165) is 19.5 Å². The molecule has 0 aromatic rings. The summed E-state index contributed by atoms with van der Waals surface area (Å²) in [4.78, 5) is 0. The summed E-state index contributed by atoms with van der Waals surface area (Å²) in [5.41, 5.74) is 5.40. The van der Waals surface area contributed by atoms with E-state index in [1.165, 1.54) is 19.3 Å². The van der Waals surface area contributed by atoms with Crippen LogP contribution in [0.3, 0.4) is 0 Å². The van der Waals surface area contributed by atoms with E-state index in [1.54, 1.807) is 0 Å². The molecule has 2 nitrogen and oxygen atoms in total. The van der Waals surface area contributed by atoms with Gasteiger partial charge in [-0.15, -0.1) is 0 Å². The zero-order valence-electron chi connectivity index (χ0n) is 5.84. The van der Waals surface area contributed by atoms with Crippen LogP contribution < -0.4 is 11.1 Å². The molecule has 0 aliphatic carbocycles. The zero-order chi connectivity index (χ0) is 6.53. The lowest BCUT2D eigenvalue weighted by molar-refractivity contribution is 0.378. The van der Waals surface area contributed by atoms with Gasteiger partial charge in [0.05, 0.1) is 0 Å². The van der Waals surface area contributed by atoms with Gasteiger partial charge in [0.15, 0.2) is 0 Å². The minimum absolute atomic E-state index is 0.601. The molecule has 9 heavy (non-hydrogen) atoms. The first-order valence-electron chi connectivity index (χ1n) is 3.80. The summed E-state index contributed by atoms with van der Waals surface area (Å²) in [5, 5.41) is 4.44. The highest BCUT2D eigenvalue weighted by Crippen LogP contribution is 2.10. The van der Waals surface area contributed by atoms with E-state index in [9.17, 15) is 0 Å². The van der Waals surface area contributed by atoms with Gasteiger partial charge in [0, 0.05) is 12.6 Å². The molecule has 1 fully saturated rings. The SMILES string of the molecule is NCCC1CCCC[N]1. The number of hydrogen-bond acceptors (Lipinski definition) is 1. The van der Waals surface area contributed by atoms with Crippen LogP contribution in [0.5, 0.6) is 0 Å². The molecule has 1 heterocycles. The molecule has 1 aliphatic rings. The second-order valence-corrected chi connectivity index (χ2v) is 2.63. The minimum Gasteiger partial charge on any atom is -0.330 e. The fourth-order valence-electron chi connectivity index (χ4n) is 1.28. The molecule has 2 N–H and O–H groups in total. The maximum absolute atomic E-state index is 5.40. The van der Waals surface area contributed by atoms with Gasteiger partial charge in [-0.05, 0) is 25.8 Å². The molecule has 0 saturated carbocycles. The van der Waals surface area contributed by atoms with E-state index in [2.05, 4.69) is 5.32 Å². The van der Waals surface area contributed by atoms with Crippen molar-refractivity contribution >= 4 is 0 Å². The summed E-state index contributed by atoms with van der Waals surface area (Å²) < 4.78 is 0. The van der Waals surface area contributed by atoms with Crippen molar-refractivity contribution in [1.82, 2.24) is 5.32 Å². The van der Waals surface area contributed by atoms with E-state index in [0.29, 0.717) is 6.04 Å². The Morgan fingerprint density at radius 3 is 2.89 bits per heavy atom. The van der Waals surface area contributed by atoms with Gasteiger partial charge in [-0.25, -0.2) is 5.32 Å². The van der Waals surface area contributed by atoms with Gasteiger partial charge in [-0.2, -0.15) is 0 Å². The van der Waals surface area contributed by atoms with Crippen LogP contribution in [0.25, 0.3) is 0 Å². The molecule has 1 atom stereocenters. The van der Waals surface area contributed by atoms with Crippen LogP contribution in [0.2, 0.25) is 0 Å². The Morgan fingerprint density at radius 2 is 2.33 bits per heavy atom. The molecule has 1 radical (unpaired) electrons. The van der Waals surface area contributed by atoms with E-state index in [1.807, 2.05) is 0 Å². The molecule has 1 aliphatic heterocycles. The summed E-state index contributed by atoms with van der Waals surface area (Å²) in [5.74, 6) is 0.